The first-order valence-electron chi connectivity index (χ1n) is 34.6. The maximum absolute atomic E-state index is 13.2. The van der Waals surface area contributed by atoms with Crippen LogP contribution in [0.15, 0.2) is 84.8 Å². The van der Waals surface area contributed by atoms with Gasteiger partial charge < -0.3 is 118 Å². The molecule has 25 N–H and O–H groups in total. The third-order valence-electron chi connectivity index (χ3n) is 19.8. The van der Waals surface area contributed by atoms with E-state index < -0.39 is 199 Å². The molecule has 6 saturated heterocycles. The maximum atomic E-state index is 13.2. The van der Waals surface area contributed by atoms with Gasteiger partial charge in [-0.2, -0.15) is 24.3 Å². The number of hydrogen-bond donors (Lipinski definition) is 20. The molecule has 117 heavy (non-hydrogen) atoms. The highest BCUT2D eigenvalue weighted by Gasteiger charge is 2.59. The average molecular weight is 1780 g/mol. The summed E-state index contributed by atoms with van der Waals surface area (Å²) in [5, 5.41) is 115. The predicted molar refractivity (Wildman–Crippen MR) is 410 cm³/mol. The molecule has 15 rings (SSSR count). The zero-order valence-electron chi connectivity index (χ0n) is 61.8. The van der Waals surface area contributed by atoms with Gasteiger partial charge in [0.2, 0.25) is 17.7 Å². The minimum Gasteiger partial charge on any atom is -0.394 e. The van der Waals surface area contributed by atoms with Gasteiger partial charge in [0.05, 0.1) is 64.8 Å². The van der Waals surface area contributed by atoms with E-state index in [1.165, 1.54) is 73.7 Å². The summed E-state index contributed by atoms with van der Waals surface area (Å²) in [4.78, 5) is 103. The van der Waals surface area contributed by atoms with Gasteiger partial charge in [0.1, 0.15) is 126 Å². The first-order valence-corrected chi connectivity index (χ1v) is 36.9. The Morgan fingerprint density at radius 2 is 0.761 bits per heavy atom. The first-order chi connectivity index (χ1) is 54.7. The lowest BCUT2D eigenvalue weighted by molar-refractivity contribution is -0.0473. The number of nitrogens with one attached hydrogen (secondary N) is 3. The zero-order valence-corrected chi connectivity index (χ0v) is 66.4. The fraction of sp³-hybridized carbons (Fsp3) is 0.571. The van der Waals surface area contributed by atoms with Crippen molar-refractivity contribution in [2.45, 2.75) is 181 Å². The number of nitrogen functional groups attached to an aromatic ring is 5. The highest BCUT2D eigenvalue weighted by Crippen LogP contribution is 2.49. The summed E-state index contributed by atoms with van der Waals surface area (Å²) < 4.78 is 53.5. The topological polar surface area (TPSA) is 724 Å². The third kappa shape index (κ3) is 17.4. The van der Waals surface area contributed by atoms with E-state index >= 15 is 0 Å². The monoisotopic (exact) mass is 1770 g/mol. The highest BCUT2D eigenvalue weighted by molar-refractivity contribution is 6.26. The molecule has 642 valence electrons. The minimum atomic E-state index is -1.46. The van der Waals surface area contributed by atoms with Crippen LogP contribution < -0.4 is 62.4 Å². The second kappa shape index (κ2) is 35.1. The Morgan fingerprint density at radius 1 is 0.410 bits per heavy atom. The van der Waals surface area contributed by atoms with Crippen LogP contribution in [0.1, 0.15) is 78.9 Å². The van der Waals surface area contributed by atoms with Crippen LogP contribution >= 0.6 is 69.6 Å². The summed E-state index contributed by atoms with van der Waals surface area (Å²) >= 11 is 37.6. The van der Waals surface area contributed by atoms with Crippen molar-refractivity contribution in [2.75, 3.05) is 68.3 Å². The largest absolute Gasteiger partial charge is 0.394 e. The standard InChI is InChI=1S/C11H15ClN6O3.C11H14ClN5O4.C11H14ClN5O3.C10H12ClFN2O5.C10H14ClN3O4.C10H13ClN2O5/c1-11(12)6(20)4(2-19)21-9(11)18-3-15-5-7(13)16-10(14)17-8(5)18;1-11(12)6(19)4(2-18)21-9(11)17-3-14-5-7(17)15-10(13)16-8(5)20;1-11(12)7(19)5(2-18)20-10(11)17-4-16-6-8(13)14-3-15-9(6)17;1-10(11)6(16)5(3-15)19-8(10)14-2-4(12)7(17)13-9(14)18;1-10(11)7(16)5(4-15)18-8(10)14-3-2-6(12)13-9(14)17;1-10(11)7(16)5(4-14)18-8(10)13-3-2-6(15)12-9(13)17/h3-4,6,9,19-20H,2H2,1H3,(H4,13,14,16,17);3-4,6,9,18-19H,2H2,1H3,(H3,13,15,16,20);3-5,7,10,18-19H,2H2,1H3,(H2,13,14,15);2,5-6,8,15-16H,3H2,1H3,(H,13,17,18);2-3,5,7-8,15-16H,4H2,1H3,(H2,12,13,17);2-3,5,7-8,14,16H,4H2,1H3,(H,12,15,17)/t2*4-,6-,9-,11-;5-,7-,10-,11-;5-,6-,8-,10-;2*5-,7-,8-,10-/m111111/s1. The van der Waals surface area contributed by atoms with Crippen LogP contribution in [-0.4, -0.2) is 291 Å². The van der Waals surface area contributed by atoms with Crippen molar-refractivity contribution in [3.05, 3.63) is 124 Å². The van der Waals surface area contributed by atoms with E-state index in [1.54, 1.807) is 30.3 Å². The number of aromatic nitrogens is 18. The Balaban J connectivity index is 0.000000148. The van der Waals surface area contributed by atoms with Gasteiger partial charge in [-0.3, -0.25) is 56.7 Å². The Morgan fingerprint density at radius 3 is 1.15 bits per heavy atom. The van der Waals surface area contributed by atoms with Crippen LogP contribution in [0.4, 0.5) is 33.7 Å². The molecule has 24 atom stereocenters. The SMILES string of the molecule is C[C@@]1(Cl)[C@H](O)[C@@H](CO)O[C@H]1n1cc(F)c(=O)[nH]c1=O.C[C@@]1(Cl)[C@H](O)[C@@H](CO)O[C@H]1n1ccc(=O)[nH]c1=O.C[C@@]1(Cl)[C@H](O)[C@@H](CO)O[C@H]1n1ccc(N)nc1=O.C[C@@]1(Cl)[C@H](O)[C@@H](CO)O[C@H]1n1cnc2c(=O)[nH]c(N)nc21.C[C@@]1(Cl)[C@H](O)[C@@H](CO)O[C@H]1n1cnc2c(N)nc(N)nc21.C[C@@]1(Cl)[C@H](O)[C@@H](CO)O[C@H]1n1cnc2c(N)ncnc21. The van der Waals surface area contributed by atoms with Crippen LogP contribution in [0.5, 0.6) is 0 Å². The van der Waals surface area contributed by atoms with Crippen molar-refractivity contribution in [1.29, 1.82) is 0 Å². The number of ether oxygens (including phenoxy) is 6. The number of aliphatic hydroxyl groups excluding tert-OH is 12. The summed E-state index contributed by atoms with van der Waals surface area (Å²) in [6.07, 6.45) is -8.43. The summed E-state index contributed by atoms with van der Waals surface area (Å²) in [7, 11) is 0. The van der Waals surface area contributed by atoms with Crippen molar-refractivity contribution >= 4 is 132 Å². The van der Waals surface area contributed by atoms with E-state index in [0.29, 0.717) is 28.5 Å². The number of aliphatic hydroxyl groups is 12. The third-order valence-corrected chi connectivity index (χ3v) is 22.3. The average Bonchev–Trinajstić information content (AvgIpc) is 1.62. The summed E-state index contributed by atoms with van der Waals surface area (Å²) in [5.74, 6) is -0.771. The van der Waals surface area contributed by atoms with E-state index in [0.717, 1.165) is 19.8 Å². The number of halogens is 7. The number of nitrogens with two attached hydrogens (primary N) is 5. The van der Waals surface area contributed by atoms with Crippen molar-refractivity contribution in [1.82, 2.24) is 87.2 Å². The fourth-order valence-electron chi connectivity index (χ4n) is 13.3. The number of fused-ring (bicyclic) bond motifs is 3. The molecule has 0 aliphatic carbocycles. The van der Waals surface area contributed by atoms with Crippen molar-refractivity contribution in [3.8, 4) is 0 Å². The van der Waals surface area contributed by atoms with Gasteiger partial charge in [-0.05, 0) is 47.6 Å². The number of alkyl halides is 6. The summed E-state index contributed by atoms with van der Waals surface area (Å²) in [5.41, 5.74) is 25.5. The van der Waals surface area contributed by atoms with E-state index in [9.17, 15) is 79.1 Å². The van der Waals surface area contributed by atoms with E-state index in [1.807, 2.05) is 0 Å². The van der Waals surface area contributed by atoms with Gasteiger partial charge in [0, 0.05) is 18.5 Å². The molecule has 0 saturated carbocycles. The maximum Gasteiger partial charge on any atom is 0.351 e. The predicted octanol–water partition coefficient (Wildman–Crippen LogP) is -5.37. The molecule has 0 aromatic carbocycles. The summed E-state index contributed by atoms with van der Waals surface area (Å²) in [6, 6.07) is 2.58. The molecule has 9 aromatic heterocycles. The van der Waals surface area contributed by atoms with Crippen LogP contribution in [0.25, 0.3) is 33.5 Å². The van der Waals surface area contributed by atoms with Crippen LogP contribution in [-0.2, 0) is 28.4 Å². The molecule has 47 nitrogen and oxygen atoms in total. The molecule has 0 amide bonds. The van der Waals surface area contributed by atoms with Crippen molar-refractivity contribution < 1.29 is 94.1 Å². The van der Waals surface area contributed by atoms with Gasteiger partial charge in [-0.15, -0.1) is 69.6 Å². The highest BCUT2D eigenvalue weighted by atomic mass is 35.5. The van der Waals surface area contributed by atoms with Crippen LogP contribution in [0, 0.1) is 5.82 Å². The molecule has 0 bridgehead atoms. The van der Waals surface area contributed by atoms with E-state index in [2.05, 4.69) is 54.8 Å². The molecule has 6 aliphatic heterocycles. The van der Waals surface area contributed by atoms with Gasteiger partial charge in [-0.1, -0.05) is 0 Å². The number of H-pyrrole nitrogens is 3. The fourth-order valence-corrected chi connectivity index (χ4v) is 15.1. The van der Waals surface area contributed by atoms with Crippen LogP contribution in [0.2, 0.25) is 0 Å². The minimum absolute atomic E-state index is 0.00437. The lowest BCUT2D eigenvalue weighted by atomic mass is 10.0. The number of anilines is 5. The normalized spacial score (nSPS) is 34.3. The first kappa shape index (κ1) is 91.0. The number of imidazole rings is 3. The van der Waals surface area contributed by atoms with Gasteiger partial charge in [0.25, 0.3) is 16.7 Å². The Bertz CT molecular complexity index is 5420. The second-order valence-corrected chi connectivity index (χ2v) is 33.1. The number of aromatic amines is 3. The molecule has 0 unspecified atom stereocenters. The van der Waals surface area contributed by atoms with E-state index in [-0.39, 0.29) is 60.3 Å². The lowest BCUT2D eigenvalue weighted by Gasteiger charge is -2.26. The number of rotatable bonds is 12. The smallest absolute Gasteiger partial charge is 0.351 e. The molecule has 0 spiro atoms. The number of nitrogens with zero attached hydrogens (tertiary/aromatic N) is 15. The molecule has 0 radical (unpaired) electrons. The van der Waals surface area contributed by atoms with Gasteiger partial charge >= 0.3 is 17.1 Å². The Hall–Kier alpha value is -8.36. The molecule has 54 heteroatoms. The van der Waals surface area contributed by atoms with Gasteiger partial charge in [0.15, 0.2) is 71.5 Å². The molecular formula is C63H82Cl6FN23O24. The molecular weight excluding hydrogens is 1690 g/mol. The quantitative estimate of drug-likeness (QED) is 0.0508. The molecule has 15 heterocycles. The molecule has 6 aliphatic rings. The Kier molecular flexibility index (Phi) is 27.3. The van der Waals surface area contributed by atoms with Crippen molar-refractivity contribution in [2.24, 2.45) is 0 Å². The number of hydrogen-bond acceptors (Lipinski definition) is 38. The molecule has 9 aromatic rings. The van der Waals surface area contributed by atoms with E-state index in [4.69, 9.17) is 142 Å². The van der Waals surface area contributed by atoms with Gasteiger partial charge in [-0.25, -0.2) is 39.3 Å². The lowest BCUT2D eigenvalue weighted by Crippen LogP contribution is -2.43. The second-order valence-electron chi connectivity index (χ2n) is 28.2. The zero-order chi connectivity index (χ0) is 86.6. The Labute approximate surface area is 684 Å². The summed E-state index contributed by atoms with van der Waals surface area (Å²) in [6.45, 7) is 6.83. The van der Waals surface area contributed by atoms with Crippen LogP contribution in [0.3, 0.4) is 0 Å². The molecule has 6 fully saturated rings. The van der Waals surface area contributed by atoms with Crippen molar-refractivity contribution in [3.63, 3.8) is 0 Å².